The van der Waals surface area contributed by atoms with E-state index in [-0.39, 0.29) is 5.91 Å². The van der Waals surface area contributed by atoms with Crippen molar-refractivity contribution >= 4 is 29.1 Å². The van der Waals surface area contributed by atoms with Crippen molar-refractivity contribution in [1.82, 2.24) is 5.32 Å². The highest BCUT2D eigenvalue weighted by atomic mass is 35.5. The van der Waals surface area contributed by atoms with Gasteiger partial charge in [-0.05, 0) is 19.4 Å². The number of carbonyl (C=O) groups is 1. The topological polar surface area (TPSA) is 55.1 Å². The number of hydrogen-bond acceptors (Lipinski definition) is 2. The van der Waals surface area contributed by atoms with Crippen LogP contribution in [0, 0.1) is 0 Å². The quantitative estimate of drug-likeness (QED) is 0.504. The molecule has 3 N–H and O–H groups in total. The molecule has 0 fully saturated rings. The van der Waals surface area contributed by atoms with Crippen molar-refractivity contribution in [3.63, 3.8) is 0 Å². The molecule has 0 spiro atoms. The average molecular weight is 199 g/mol. The molecule has 0 aliphatic carbocycles. The number of alkyl halides is 2. The van der Waals surface area contributed by atoms with E-state index in [1.807, 2.05) is 0 Å². The molecule has 0 aliphatic rings. The van der Waals surface area contributed by atoms with Gasteiger partial charge in [0, 0.05) is 6.54 Å². The summed E-state index contributed by atoms with van der Waals surface area (Å²) < 4.78 is 0. The Kier molecular flexibility index (Phi) is 6.71. The maximum Gasteiger partial charge on any atom is 0.253 e. The summed E-state index contributed by atoms with van der Waals surface area (Å²) in [5.74, 6) is -0.342. The van der Waals surface area contributed by atoms with Crippen molar-refractivity contribution in [2.24, 2.45) is 5.73 Å². The van der Waals surface area contributed by atoms with Crippen LogP contribution in [0.5, 0.6) is 0 Å². The Bertz CT molecular complexity index is 119. The fourth-order valence-corrected chi connectivity index (χ4v) is 0.712. The molecule has 0 aromatic carbocycles. The first-order chi connectivity index (χ1) is 5.18. The van der Waals surface area contributed by atoms with Crippen molar-refractivity contribution < 1.29 is 4.79 Å². The monoisotopic (exact) mass is 198 g/mol. The molecule has 0 saturated carbocycles. The molecule has 3 nitrogen and oxygen atoms in total. The van der Waals surface area contributed by atoms with Crippen molar-refractivity contribution in [3.8, 4) is 0 Å². The van der Waals surface area contributed by atoms with Gasteiger partial charge in [-0.15, -0.1) is 0 Å². The highest BCUT2D eigenvalue weighted by molar-refractivity contribution is 6.53. The lowest BCUT2D eigenvalue weighted by molar-refractivity contribution is -0.119. The first kappa shape index (κ1) is 11.0. The SMILES string of the molecule is NCCCCNC(=O)C(Cl)Cl. The van der Waals surface area contributed by atoms with Crippen molar-refractivity contribution in [3.05, 3.63) is 0 Å². The molecule has 66 valence electrons. The Morgan fingerprint density at radius 2 is 2.09 bits per heavy atom. The Morgan fingerprint density at radius 3 is 2.55 bits per heavy atom. The number of amides is 1. The van der Waals surface area contributed by atoms with Gasteiger partial charge in [-0.1, -0.05) is 23.2 Å². The van der Waals surface area contributed by atoms with Crippen LogP contribution in [0.3, 0.4) is 0 Å². The minimum atomic E-state index is -0.965. The molecule has 0 atom stereocenters. The molecule has 0 aromatic rings. The predicted molar refractivity (Wildman–Crippen MR) is 46.8 cm³/mol. The lowest BCUT2D eigenvalue weighted by Crippen LogP contribution is -2.29. The summed E-state index contributed by atoms with van der Waals surface area (Å²) >= 11 is 10.5. The number of carbonyl (C=O) groups excluding carboxylic acids is 1. The van der Waals surface area contributed by atoms with E-state index in [1.54, 1.807) is 0 Å². The fourth-order valence-electron chi connectivity index (χ4n) is 0.558. The molecule has 0 saturated heterocycles. The van der Waals surface area contributed by atoms with Crippen LogP contribution in [-0.4, -0.2) is 23.8 Å². The number of hydrogen-bond donors (Lipinski definition) is 2. The van der Waals surface area contributed by atoms with Gasteiger partial charge in [0.2, 0.25) is 0 Å². The van der Waals surface area contributed by atoms with E-state index in [1.165, 1.54) is 0 Å². The summed E-state index contributed by atoms with van der Waals surface area (Å²) in [6.07, 6.45) is 1.76. The Balaban J connectivity index is 3.18. The second-order valence-electron chi connectivity index (χ2n) is 2.09. The maximum absolute atomic E-state index is 10.7. The van der Waals surface area contributed by atoms with E-state index in [2.05, 4.69) is 5.32 Å². The van der Waals surface area contributed by atoms with E-state index in [9.17, 15) is 4.79 Å². The molecule has 0 rings (SSSR count). The summed E-state index contributed by atoms with van der Waals surface area (Å²) in [4.78, 5) is 9.73. The number of nitrogens with two attached hydrogens (primary N) is 1. The molecule has 0 heterocycles. The van der Waals surface area contributed by atoms with Gasteiger partial charge < -0.3 is 11.1 Å². The molecule has 0 aromatic heterocycles. The summed E-state index contributed by atoms with van der Waals surface area (Å²) in [5, 5.41) is 2.56. The molecule has 11 heavy (non-hydrogen) atoms. The third kappa shape index (κ3) is 6.41. The lowest BCUT2D eigenvalue weighted by atomic mass is 10.3. The number of nitrogens with one attached hydrogen (secondary N) is 1. The lowest BCUT2D eigenvalue weighted by Gasteiger charge is -2.03. The Morgan fingerprint density at radius 1 is 1.45 bits per heavy atom. The summed E-state index contributed by atoms with van der Waals surface area (Å²) in [7, 11) is 0. The van der Waals surface area contributed by atoms with Gasteiger partial charge in [0.25, 0.3) is 5.91 Å². The smallest absolute Gasteiger partial charge is 0.253 e. The summed E-state index contributed by atoms with van der Waals surface area (Å²) in [6, 6.07) is 0. The van der Waals surface area contributed by atoms with Crippen LogP contribution in [0.4, 0.5) is 0 Å². The number of rotatable bonds is 5. The zero-order chi connectivity index (χ0) is 8.69. The van der Waals surface area contributed by atoms with Crippen LogP contribution in [-0.2, 0) is 4.79 Å². The molecule has 0 aliphatic heterocycles. The molecule has 0 unspecified atom stereocenters. The first-order valence-corrected chi connectivity index (χ1v) is 4.31. The average Bonchev–Trinajstić information content (AvgIpc) is 1.97. The van der Waals surface area contributed by atoms with Gasteiger partial charge in [-0.3, -0.25) is 4.79 Å². The predicted octanol–water partition coefficient (Wildman–Crippen LogP) is 0.645. The van der Waals surface area contributed by atoms with Crippen LogP contribution in [0.15, 0.2) is 0 Å². The van der Waals surface area contributed by atoms with Gasteiger partial charge in [0.15, 0.2) is 4.84 Å². The minimum absolute atomic E-state index is 0.342. The maximum atomic E-state index is 10.7. The van der Waals surface area contributed by atoms with Crippen LogP contribution < -0.4 is 11.1 Å². The normalized spacial score (nSPS) is 10.2. The van der Waals surface area contributed by atoms with Gasteiger partial charge in [0.05, 0.1) is 0 Å². The van der Waals surface area contributed by atoms with Crippen LogP contribution in [0.1, 0.15) is 12.8 Å². The van der Waals surface area contributed by atoms with E-state index < -0.39 is 4.84 Å². The van der Waals surface area contributed by atoms with E-state index >= 15 is 0 Å². The molecule has 5 heteroatoms. The molecule has 0 bridgehead atoms. The molecular weight excluding hydrogens is 187 g/mol. The summed E-state index contributed by atoms with van der Waals surface area (Å²) in [5.41, 5.74) is 5.24. The highest BCUT2D eigenvalue weighted by Crippen LogP contribution is 2.00. The van der Waals surface area contributed by atoms with Gasteiger partial charge in [-0.2, -0.15) is 0 Å². The van der Waals surface area contributed by atoms with Gasteiger partial charge in [-0.25, -0.2) is 0 Å². The number of unbranched alkanes of at least 4 members (excludes halogenated alkanes) is 1. The standard InChI is InChI=1S/C6H12Cl2N2O/c7-5(8)6(11)10-4-2-1-3-9/h5H,1-4,9H2,(H,10,11). The third-order valence-electron chi connectivity index (χ3n) is 1.13. The highest BCUT2D eigenvalue weighted by Gasteiger charge is 2.08. The first-order valence-electron chi connectivity index (χ1n) is 3.44. The second-order valence-corrected chi connectivity index (χ2v) is 3.18. The fraction of sp³-hybridized carbons (Fsp3) is 0.833. The largest absolute Gasteiger partial charge is 0.354 e. The van der Waals surface area contributed by atoms with Crippen LogP contribution in [0.25, 0.3) is 0 Å². The molecular formula is C6H12Cl2N2O. The van der Waals surface area contributed by atoms with Gasteiger partial charge >= 0.3 is 0 Å². The molecule has 1 amide bonds. The van der Waals surface area contributed by atoms with E-state index in [0.717, 1.165) is 12.8 Å². The zero-order valence-electron chi connectivity index (χ0n) is 6.15. The summed E-state index contributed by atoms with van der Waals surface area (Å²) in [6.45, 7) is 1.23. The van der Waals surface area contributed by atoms with Crippen molar-refractivity contribution in [1.29, 1.82) is 0 Å². The van der Waals surface area contributed by atoms with Gasteiger partial charge in [0.1, 0.15) is 0 Å². The van der Waals surface area contributed by atoms with Crippen LogP contribution in [0.2, 0.25) is 0 Å². The van der Waals surface area contributed by atoms with Crippen LogP contribution >= 0.6 is 23.2 Å². The second kappa shape index (κ2) is 6.70. The van der Waals surface area contributed by atoms with E-state index in [0.29, 0.717) is 13.1 Å². The zero-order valence-corrected chi connectivity index (χ0v) is 7.66. The van der Waals surface area contributed by atoms with Crippen molar-refractivity contribution in [2.75, 3.05) is 13.1 Å². The molecule has 0 radical (unpaired) electrons. The number of halogens is 2. The van der Waals surface area contributed by atoms with Crippen molar-refractivity contribution in [2.45, 2.75) is 17.7 Å². The Labute approximate surface area is 76.2 Å². The Hall–Kier alpha value is 0.01000. The minimum Gasteiger partial charge on any atom is -0.354 e. The van der Waals surface area contributed by atoms with E-state index in [4.69, 9.17) is 28.9 Å². The third-order valence-corrected chi connectivity index (χ3v) is 1.52.